The van der Waals surface area contributed by atoms with Crippen molar-refractivity contribution in [3.05, 3.63) is 35.4 Å². The summed E-state index contributed by atoms with van der Waals surface area (Å²) < 4.78 is 0. The number of amides is 1. The number of likely N-dealkylation sites (tertiary alicyclic amines) is 1. The van der Waals surface area contributed by atoms with Crippen molar-refractivity contribution in [3.63, 3.8) is 0 Å². The average Bonchev–Trinajstić information content (AvgIpc) is 2.98. The highest BCUT2D eigenvalue weighted by atomic mass is 16.4. The molecule has 1 aliphatic heterocycles. The van der Waals surface area contributed by atoms with E-state index in [2.05, 4.69) is 0 Å². The van der Waals surface area contributed by atoms with E-state index < -0.39 is 5.97 Å². The molecule has 0 aromatic heterocycles. The van der Waals surface area contributed by atoms with Crippen molar-refractivity contribution < 1.29 is 14.7 Å². The molecule has 1 fully saturated rings. The molecule has 1 saturated heterocycles. The summed E-state index contributed by atoms with van der Waals surface area (Å²) in [7, 11) is 0. The molecule has 1 atom stereocenters. The van der Waals surface area contributed by atoms with Crippen molar-refractivity contribution in [1.82, 2.24) is 4.90 Å². The normalized spacial score (nSPS) is 16.1. The second-order valence-electron chi connectivity index (χ2n) is 5.33. The second kappa shape index (κ2) is 6.55. The van der Waals surface area contributed by atoms with E-state index in [1.165, 1.54) is 0 Å². The number of hydrogen-bond donors (Lipinski definition) is 1. The maximum atomic E-state index is 12.3. The number of benzene rings is 1. The number of carbonyl (C=O) groups is 2. The molecule has 1 heterocycles. The minimum Gasteiger partial charge on any atom is -0.481 e. The van der Waals surface area contributed by atoms with E-state index in [0.717, 1.165) is 37.9 Å². The largest absolute Gasteiger partial charge is 0.481 e. The Hall–Kier alpha value is -1.84. The van der Waals surface area contributed by atoms with Gasteiger partial charge in [-0.25, -0.2) is 0 Å². The van der Waals surface area contributed by atoms with Crippen LogP contribution in [-0.4, -0.2) is 35.0 Å². The molecule has 108 valence electrons. The Bertz CT molecular complexity index is 492. The highest BCUT2D eigenvalue weighted by Gasteiger charge is 2.21. The van der Waals surface area contributed by atoms with Crippen LogP contribution in [0.4, 0.5) is 0 Å². The van der Waals surface area contributed by atoms with Gasteiger partial charge in [-0.3, -0.25) is 9.59 Å². The molecule has 0 aliphatic carbocycles. The van der Waals surface area contributed by atoms with E-state index in [4.69, 9.17) is 5.11 Å². The molecule has 1 aromatic rings. The van der Waals surface area contributed by atoms with Gasteiger partial charge in [0.15, 0.2) is 0 Å². The number of carbonyl (C=O) groups excluding carboxylic acids is 1. The summed E-state index contributed by atoms with van der Waals surface area (Å²) >= 11 is 0. The van der Waals surface area contributed by atoms with Crippen LogP contribution in [0.5, 0.6) is 0 Å². The molecule has 1 amide bonds. The Morgan fingerprint density at radius 3 is 2.60 bits per heavy atom. The minimum atomic E-state index is -0.798. The van der Waals surface area contributed by atoms with Crippen LogP contribution in [0.25, 0.3) is 0 Å². The highest BCUT2D eigenvalue weighted by Crippen LogP contribution is 2.25. The Morgan fingerprint density at radius 1 is 1.30 bits per heavy atom. The molecule has 20 heavy (non-hydrogen) atoms. The minimum absolute atomic E-state index is 0.0289. The van der Waals surface area contributed by atoms with Crippen LogP contribution in [0.3, 0.4) is 0 Å². The van der Waals surface area contributed by atoms with E-state index in [1.807, 2.05) is 36.1 Å². The average molecular weight is 275 g/mol. The van der Waals surface area contributed by atoms with Crippen molar-refractivity contribution in [2.75, 3.05) is 13.1 Å². The van der Waals surface area contributed by atoms with Gasteiger partial charge in [0.1, 0.15) is 0 Å². The predicted octanol–water partition coefficient (Wildman–Crippen LogP) is 2.89. The molecule has 0 radical (unpaired) electrons. The van der Waals surface area contributed by atoms with E-state index in [1.54, 1.807) is 0 Å². The van der Waals surface area contributed by atoms with Crippen molar-refractivity contribution in [3.8, 4) is 0 Å². The highest BCUT2D eigenvalue weighted by molar-refractivity contribution is 5.94. The molecular formula is C16H21NO3. The second-order valence-corrected chi connectivity index (χ2v) is 5.33. The first kappa shape index (κ1) is 14.6. The summed E-state index contributed by atoms with van der Waals surface area (Å²) in [6.45, 7) is 3.63. The molecule has 0 saturated carbocycles. The molecule has 1 unspecified atom stereocenters. The number of carboxylic acids is 1. The maximum Gasteiger partial charge on any atom is 0.303 e. The molecule has 2 rings (SSSR count). The van der Waals surface area contributed by atoms with Crippen molar-refractivity contribution >= 4 is 11.9 Å². The van der Waals surface area contributed by atoms with E-state index >= 15 is 0 Å². The first-order chi connectivity index (χ1) is 9.61. The number of rotatable bonds is 5. The van der Waals surface area contributed by atoms with Gasteiger partial charge in [0.25, 0.3) is 5.91 Å². The fraction of sp³-hybridized carbons (Fsp3) is 0.500. The van der Waals surface area contributed by atoms with Crippen LogP contribution in [-0.2, 0) is 4.79 Å². The van der Waals surface area contributed by atoms with Crippen LogP contribution in [0.15, 0.2) is 24.3 Å². The first-order valence-corrected chi connectivity index (χ1v) is 7.23. The van der Waals surface area contributed by atoms with E-state index in [9.17, 15) is 9.59 Å². The number of hydrogen-bond acceptors (Lipinski definition) is 2. The first-order valence-electron chi connectivity index (χ1n) is 7.23. The van der Waals surface area contributed by atoms with Gasteiger partial charge in [0.05, 0.1) is 6.42 Å². The Balaban J connectivity index is 2.17. The number of carboxylic acid groups (broad SMARTS) is 1. The predicted molar refractivity (Wildman–Crippen MR) is 76.9 cm³/mol. The lowest BCUT2D eigenvalue weighted by Crippen LogP contribution is -2.27. The zero-order chi connectivity index (χ0) is 14.5. The smallest absolute Gasteiger partial charge is 0.303 e. The van der Waals surface area contributed by atoms with Gasteiger partial charge in [0, 0.05) is 18.7 Å². The molecule has 1 aromatic carbocycles. The van der Waals surface area contributed by atoms with Crippen LogP contribution in [0.2, 0.25) is 0 Å². The molecule has 1 N–H and O–H groups in total. The quantitative estimate of drug-likeness (QED) is 0.899. The Kier molecular flexibility index (Phi) is 4.77. The Labute approximate surface area is 119 Å². The summed E-state index contributed by atoms with van der Waals surface area (Å²) in [4.78, 5) is 25.1. The third kappa shape index (κ3) is 3.38. The van der Waals surface area contributed by atoms with Gasteiger partial charge in [-0.2, -0.15) is 0 Å². The van der Waals surface area contributed by atoms with Gasteiger partial charge < -0.3 is 10.0 Å². The topological polar surface area (TPSA) is 57.6 Å². The summed E-state index contributed by atoms with van der Waals surface area (Å²) in [6, 6.07) is 7.44. The third-order valence-electron chi connectivity index (χ3n) is 3.91. The molecule has 4 heteroatoms. The fourth-order valence-corrected chi connectivity index (χ4v) is 2.74. The SMILES string of the molecule is CCC(CC(=O)O)c1cccc(C(=O)N2CCCC2)c1. The lowest BCUT2D eigenvalue weighted by Gasteiger charge is -2.17. The summed E-state index contributed by atoms with van der Waals surface area (Å²) in [5.41, 5.74) is 1.62. The van der Waals surface area contributed by atoms with Crippen LogP contribution < -0.4 is 0 Å². The van der Waals surface area contributed by atoms with Gasteiger partial charge in [-0.15, -0.1) is 0 Å². The van der Waals surface area contributed by atoms with Gasteiger partial charge in [0.2, 0.25) is 0 Å². The third-order valence-corrected chi connectivity index (χ3v) is 3.91. The maximum absolute atomic E-state index is 12.3. The van der Waals surface area contributed by atoms with E-state index in [-0.39, 0.29) is 18.2 Å². The monoisotopic (exact) mass is 275 g/mol. The van der Waals surface area contributed by atoms with Crippen LogP contribution in [0, 0.1) is 0 Å². The summed E-state index contributed by atoms with van der Waals surface area (Å²) in [6.07, 6.45) is 3.01. The van der Waals surface area contributed by atoms with Gasteiger partial charge >= 0.3 is 5.97 Å². The number of aliphatic carboxylic acids is 1. The molecular weight excluding hydrogens is 254 g/mol. The number of nitrogens with zero attached hydrogens (tertiary/aromatic N) is 1. The molecule has 1 aliphatic rings. The zero-order valence-corrected chi connectivity index (χ0v) is 11.8. The molecule has 4 nitrogen and oxygen atoms in total. The molecule has 0 bridgehead atoms. The fourth-order valence-electron chi connectivity index (χ4n) is 2.74. The molecule has 0 spiro atoms. The summed E-state index contributed by atoms with van der Waals surface area (Å²) in [5, 5.41) is 8.95. The van der Waals surface area contributed by atoms with E-state index in [0.29, 0.717) is 5.56 Å². The van der Waals surface area contributed by atoms with Crippen molar-refractivity contribution in [2.45, 2.75) is 38.5 Å². The van der Waals surface area contributed by atoms with Gasteiger partial charge in [-0.1, -0.05) is 19.1 Å². The van der Waals surface area contributed by atoms with Crippen LogP contribution in [0.1, 0.15) is 54.4 Å². The van der Waals surface area contributed by atoms with Crippen molar-refractivity contribution in [1.29, 1.82) is 0 Å². The van der Waals surface area contributed by atoms with Crippen LogP contribution >= 0.6 is 0 Å². The standard InChI is InChI=1S/C16H21NO3/c1-2-12(11-15(18)19)13-6-5-7-14(10-13)16(20)17-8-3-4-9-17/h5-7,10,12H,2-4,8-9,11H2,1H3,(H,18,19). The zero-order valence-electron chi connectivity index (χ0n) is 11.8. The van der Waals surface area contributed by atoms with Gasteiger partial charge in [-0.05, 0) is 42.9 Å². The lowest BCUT2D eigenvalue weighted by molar-refractivity contribution is -0.137. The Morgan fingerprint density at radius 2 is 2.00 bits per heavy atom. The summed E-state index contributed by atoms with van der Waals surface area (Å²) in [5.74, 6) is -0.763. The lowest BCUT2D eigenvalue weighted by atomic mass is 9.92. The van der Waals surface area contributed by atoms with Crippen molar-refractivity contribution in [2.24, 2.45) is 0 Å².